The summed E-state index contributed by atoms with van der Waals surface area (Å²) in [5.41, 5.74) is 4.91. The van der Waals surface area contributed by atoms with E-state index in [0.29, 0.717) is 25.1 Å². The number of hydroxylamine groups is 1. The molecule has 1 saturated carbocycles. The molecule has 3 heterocycles. The van der Waals surface area contributed by atoms with E-state index in [9.17, 15) is 24.0 Å². The Kier molecular flexibility index (Phi) is 10.5. The van der Waals surface area contributed by atoms with E-state index < -0.39 is 64.8 Å². The van der Waals surface area contributed by atoms with Gasteiger partial charge in [0.05, 0.1) is 31.5 Å². The zero-order valence-electron chi connectivity index (χ0n) is 28.8. The van der Waals surface area contributed by atoms with E-state index in [1.165, 1.54) is 4.90 Å². The van der Waals surface area contributed by atoms with Gasteiger partial charge >= 0.3 is 6.09 Å². The number of likely N-dealkylation sites (tertiary alicyclic amines) is 1. The fraction of sp³-hybridized carbons (Fsp3) is 0.629. The van der Waals surface area contributed by atoms with Crippen LogP contribution >= 0.6 is 0 Å². The van der Waals surface area contributed by atoms with Crippen LogP contribution in [0, 0.1) is 19.3 Å². The molecular weight excluding hydrogens is 618 g/mol. The van der Waals surface area contributed by atoms with Crippen LogP contribution in [0.25, 0.3) is 5.70 Å². The Morgan fingerprint density at radius 1 is 1.06 bits per heavy atom. The minimum Gasteiger partial charge on any atom is -0.444 e. The molecule has 262 valence electrons. The van der Waals surface area contributed by atoms with Crippen molar-refractivity contribution in [3.05, 3.63) is 41.0 Å². The molecule has 1 aromatic rings. The number of aryl methyl sites for hydroxylation is 2. The van der Waals surface area contributed by atoms with Crippen molar-refractivity contribution in [1.29, 1.82) is 0 Å². The Balaban J connectivity index is 1.42. The maximum absolute atomic E-state index is 14.5. The van der Waals surface area contributed by atoms with E-state index in [0.717, 1.165) is 29.5 Å². The molecule has 5 atom stereocenters. The highest BCUT2D eigenvalue weighted by atomic mass is 16.7. The zero-order valence-corrected chi connectivity index (χ0v) is 28.8. The summed E-state index contributed by atoms with van der Waals surface area (Å²) in [4.78, 5) is 74.9. The fourth-order valence-electron chi connectivity index (χ4n) is 6.49. The minimum absolute atomic E-state index is 0.000449. The van der Waals surface area contributed by atoms with Gasteiger partial charge in [-0.1, -0.05) is 51.3 Å². The highest BCUT2D eigenvalue weighted by Crippen LogP contribution is 2.39. The highest BCUT2D eigenvalue weighted by Gasteiger charge is 2.54. The fourth-order valence-corrected chi connectivity index (χ4v) is 6.49. The van der Waals surface area contributed by atoms with E-state index in [1.807, 2.05) is 59.8 Å². The second-order valence-electron chi connectivity index (χ2n) is 14.7. The lowest BCUT2D eigenvalue weighted by Crippen LogP contribution is -2.59. The number of ketones is 1. The molecule has 5 rings (SSSR count). The van der Waals surface area contributed by atoms with Gasteiger partial charge in [0.25, 0.3) is 5.91 Å². The maximum atomic E-state index is 14.5. The molecular formula is C35H49N5O8. The zero-order chi connectivity index (χ0) is 34.8. The van der Waals surface area contributed by atoms with Crippen LogP contribution < -0.4 is 21.4 Å². The van der Waals surface area contributed by atoms with Crippen LogP contribution in [-0.4, -0.2) is 90.1 Å². The van der Waals surface area contributed by atoms with Crippen molar-refractivity contribution in [1.82, 2.24) is 26.3 Å². The SMILES string of the molecule is CCC[C@H](NC(=O)[C@@H]1C[C@]2(C=C(c3cc(C)cc(C)c3)NO2)CN1C(=O)[C@@H](NC(=O)O[C@H]1CCOC1)C(C)(C)C)C(=O)C(=O)NC1CC1. The van der Waals surface area contributed by atoms with Gasteiger partial charge in [-0.15, -0.1) is 0 Å². The third-order valence-electron chi connectivity index (χ3n) is 9.13. The molecule has 4 N–H and O–H groups in total. The van der Waals surface area contributed by atoms with Crippen molar-refractivity contribution in [3.63, 3.8) is 0 Å². The van der Waals surface area contributed by atoms with Crippen molar-refractivity contribution in [2.45, 2.75) is 116 Å². The largest absolute Gasteiger partial charge is 0.444 e. The molecule has 48 heavy (non-hydrogen) atoms. The maximum Gasteiger partial charge on any atom is 0.408 e. The van der Waals surface area contributed by atoms with Crippen LogP contribution in [0.2, 0.25) is 0 Å². The van der Waals surface area contributed by atoms with Gasteiger partial charge in [0, 0.05) is 24.4 Å². The van der Waals surface area contributed by atoms with E-state index in [2.05, 4.69) is 27.5 Å². The Hall–Kier alpha value is -3.97. The number of ether oxygens (including phenoxy) is 2. The Morgan fingerprint density at radius 2 is 1.77 bits per heavy atom. The number of hydrogen-bond acceptors (Lipinski definition) is 9. The van der Waals surface area contributed by atoms with Crippen molar-refractivity contribution >= 4 is 35.3 Å². The van der Waals surface area contributed by atoms with Gasteiger partial charge in [0.15, 0.2) is 0 Å². The van der Waals surface area contributed by atoms with Crippen LogP contribution in [-0.2, 0) is 33.5 Å². The highest BCUT2D eigenvalue weighted by molar-refractivity contribution is 6.38. The van der Waals surface area contributed by atoms with Gasteiger partial charge in [-0.05, 0) is 56.7 Å². The van der Waals surface area contributed by atoms with E-state index >= 15 is 0 Å². The Morgan fingerprint density at radius 3 is 2.38 bits per heavy atom. The normalized spacial score (nSPS) is 24.8. The number of carbonyl (C=O) groups excluding carboxylic acids is 5. The smallest absolute Gasteiger partial charge is 0.408 e. The molecule has 0 aromatic heterocycles. The minimum atomic E-state index is -1.08. The van der Waals surface area contributed by atoms with Gasteiger partial charge in [-0.25, -0.2) is 4.79 Å². The average molecular weight is 668 g/mol. The van der Waals surface area contributed by atoms with E-state index in [4.69, 9.17) is 14.3 Å². The lowest BCUT2D eigenvalue weighted by molar-refractivity contribution is -0.144. The van der Waals surface area contributed by atoms with Crippen molar-refractivity contribution < 1.29 is 38.3 Å². The standard InChI is InChI=1S/C35H49N5O8/c1-7-8-25(28(41)31(43)36-23-9-10-23)37-30(42)27-17-35(16-26(39-48-35)22-14-20(2)13-21(3)15-22)19-40(27)32(44)29(34(4,5)6)38-33(45)47-24-11-12-46-18-24/h13-16,23-25,27,29,39H,7-12,17-19H2,1-6H3,(H,36,43)(H,37,42)(H,38,45)/t24-,25-,27-,29+,35+/m0/s1. The molecule has 1 spiro atoms. The number of amides is 4. The molecule has 0 unspecified atom stereocenters. The summed E-state index contributed by atoms with van der Waals surface area (Å²) in [7, 11) is 0. The molecule has 4 amide bonds. The van der Waals surface area contributed by atoms with Crippen LogP contribution in [0.15, 0.2) is 24.3 Å². The summed E-state index contributed by atoms with van der Waals surface area (Å²) < 4.78 is 10.8. The van der Waals surface area contributed by atoms with Gasteiger partial charge in [0.1, 0.15) is 23.8 Å². The number of rotatable bonds is 11. The van der Waals surface area contributed by atoms with Gasteiger partial charge in [-0.2, -0.15) is 0 Å². The van der Waals surface area contributed by atoms with Crippen LogP contribution in [0.1, 0.15) is 82.9 Å². The first-order valence-corrected chi connectivity index (χ1v) is 16.9. The van der Waals surface area contributed by atoms with Gasteiger partial charge < -0.3 is 30.3 Å². The molecule has 13 nitrogen and oxygen atoms in total. The van der Waals surface area contributed by atoms with Crippen LogP contribution in [0.4, 0.5) is 4.79 Å². The molecule has 13 heteroatoms. The molecule has 1 aliphatic carbocycles. The monoisotopic (exact) mass is 667 g/mol. The molecule has 0 radical (unpaired) electrons. The van der Waals surface area contributed by atoms with Crippen molar-refractivity contribution in [2.24, 2.45) is 5.41 Å². The number of hydrogen-bond donors (Lipinski definition) is 4. The van der Waals surface area contributed by atoms with Crippen LogP contribution in [0.3, 0.4) is 0 Å². The third kappa shape index (κ3) is 8.35. The molecule has 0 bridgehead atoms. The van der Waals surface area contributed by atoms with Gasteiger partial charge in [0.2, 0.25) is 17.6 Å². The Labute approximate surface area is 281 Å². The summed E-state index contributed by atoms with van der Waals surface area (Å²) in [6.07, 6.45) is 3.81. The number of nitrogens with zero attached hydrogens (tertiary/aromatic N) is 1. The summed E-state index contributed by atoms with van der Waals surface area (Å²) in [5.74, 6) is -2.52. The quantitative estimate of drug-likeness (QED) is 0.260. The third-order valence-corrected chi connectivity index (χ3v) is 9.13. The van der Waals surface area contributed by atoms with Crippen LogP contribution in [0.5, 0.6) is 0 Å². The predicted molar refractivity (Wildman–Crippen MR) is 176 cm³/mol. The topological polar surface area (TPSA) is 164 Å². The number of nitrogens with one attached hydrogen (secondary N) is 4. The molecule has 1 aromatic carbocycles. The summed E-state index contributed by atoms with van der Waals surface area (Å²) in [6.45, 7) is 12.1. The second-order valence-corrected chi connectivity index (χ2v) is 14.7. The average Bonchev–Trinajstić information content (AvgIpc) is 3.37. The molecule has 4 aliphatic rings. The molecule has 3 aliphatic heterocycles. The predicted octanol–water partition coefficient (Wildman–Crippen LogP) is 2.58. The first kappa shape index (κ1) is 35.3. The molecule has 2 saturated heterocycles. The Bertz CT molecular complexity index is 1440. The lowest BCUT2D eigenvalue weighted by Gasteiger charge is -2.35. The molecule has 3 fully saturated rings. The van der Waals surface area contributed by atoms with E-state index in [-0.39, 0.29) is 32.0 Å². The van der Waals surface area contributed by atoms with Gasteiger partial charge in [-0.3, -0.25) is 29.5 Å². The number of Topliss-reactive ketones (excluding diaryl/α,β-unsaturated/α-hetero) is 1. The first-order valence-electron chi connectivity index (χ1n) is 16.9. The van der Waals surface area contributed by atoms with Crippen molar-refractivity contribution in [3.8, 4) is 0 Å². The summed E-state index contributed by atoms with van der Waals surface area (Å²) >= 11 is 0. The first-order chi connectivity index (χ1) is 22.7. The number of benzene rings is 1. The lowest BCUT2D eigenvalue weighted by atomic mass is 9.85. The second kappa shape index (κ2) is 14.3. The van der Waals surface area contributed by atoms with Crippen molar-refractivity contribution in [2.75, 3.05) is 19.8 Å². The number of carbonyl (C=O) groups is 5. The van der Waals surface area contributed by atoms with E-state index in [1.54, 1.807) is 0 Å². The summed E-state index contributed by atoms with van der Waals surface area (Å²) in [5, 5.41) is 8.24. The number of alkyl carbamates (subject to hydrolysis) is 1. The summed E-state index contributed by atoms with van der Waals surface area (Å²) in [6, 6.07) is 2.90.